The Labute approximate surface area is 182 Å². The van der Waals surface area contributed by atoms with E-state index in [1.807, 2.05) is 54.6 Å². The molecule has 7 heteroatoms. The predicted molar refractivity (Wildman–Crippen MR) is 118 cm³/mol. The number of carbonyl (C=O) groups excluding carboxylic acids is 3. The molecule has 7 nitrogen and oxygen atoms in total. The van der Waals surface area contributed by atoms with E-state index < -0.39 is 11.9 Å². The largest absolute Gasteiger partial charge is 0.497 e. The van der Waals surface area contributed by atoms with Crippen molar-refractivity contribution in [3.05, 3.63) is 65.7 Å². The predicted octanol–water partition coefficient (Wildman–Crippen LogP) is 1.76. The number of ether oxygens (including phenoxy) is 1. The average molecular weight is 421 g/mol. The molecule has 2 rings (SSSR count). The van der Waals surface area contributed by atoms with Gasteiger partial charge in [-0.15, -0.1) is 0 Å². The van der Waals surface area contributed by atoms with E-state index in [1.54, 1.807) is 7.11 Å². The molecule has 2 aromatic rings. The smallest absolute Gasteiger partial charge is 0.243 e. The molecule has 2 aromatic carbocycles. The second-order valence-electron chi connectivity index (χ2n) is 6.80. The Morgan fingerprint density at radius 3 is 2.35 bits per heavy atom. The van der Waals surface area contributed by atoms with Crippen molar-refractivity contribution in [1.82, 2.24) is 16.0 Å². The molecule has 31 heavy (non-hydrogen) atoms. The minimum absolute atomic E-state index is 0.167. The maximum atomic E-state index is 12.4. The van der Waals surface area contributed by atoms with Crippen molar-refractivity contribution >= 4 is 17.7 Å². The molecule has 0 aliphatic rings. The maximum Gasteiger partial charge on any atom is 0.243 e. The van der Waals surface area contributed by atoms with Gasteiger partial charge < -0.3 is 20.7 Å². The number of benzene rings is 2. The molecule has 1 atom stereocenters. The Hall–Kier alpha value is -3.79. The first-order valence-corrected chi connectivity index (χ1v) is 9.96. The fourth-order valence-corrected chi connectivity index (χ4v) is 2.72. The highest BCUT2D eigenvalue weighted by Gasteiger charge is 2.19. The van der Waals surface area contributed by atoms with Crippen molar-refractivity contribution in [2.24, 2.45) is 0 Å². The van der Waals surface area contributed by atoms with Gasteiger partial charge in [-0.1, -0.05) is 42.2 Å². The number of rotatable bonds is 9. The zero-order valence-corrected chi connectivity index (χ0v) is 17.7. The first kappa shape index (κ1) is 23.5. The normalized spacial score (nSPS) is 10.8. The summed E-state index contributed by atoms with van der Waals surface area (Å²) in [4.78, 5) is 35.9. The van der Waals surface area contributed by atoms with Crippen LogP contribution < -0.4 is 20.7 Å². The van der Waals surface area contributed by atoms with Crippen LogP contribution in [0.15, 0.2) is 54.6 Å². The molecule has 0 unspecified atom stereocenters. The molecule has 0 aliphatic carbocycles. The quantitative estimate of drug-likeness (QED) is 0.538. The van der Waals surface area contributed by atoms with Crippen LogP contribution in [0.5, 0.6) is 5.75 Å². The third-order valence-corrected chi connectivity index (χ3v) is 4.33. The number of carbonyl (C=O) groups is 3. The van der Waals surface area contributed by atoms with Gasteiger partial charge in [0, 0.05) is 25.5 Å². The molecule has 162 valence electrons. The minimum Gasteiger partial charge on any atom is -0.497 e. The van der Waals surface area contributed by atoms with E-state index >= 15 is 0 Å². The highest BCUT2D eigenvalue weighted by Crippen LogP contribution is 2.10. The third kappa shape index (κ3) is 9.05. The van der Waals surface area contributed by atoms with Crippen molar-refractivity contribution < 1.29 is 19.1 Å². The molecule has 0 fully saturated rings. The van der Waals surface area contributed by atoms with Crippen LogP contribution in [-0.2, 0) is 20.9 Å². The van der Waals surface area contributed by atoms with Gasteiger partial charge in [0.05, 0.1) is 13.7 Å². The lowest BCUT2D eigenvalue weighted by atomic mass is 10.1. The van der Waals surface area contributed by atoms with Crippen molar-refractivity contribution in [2.45, 2.75) is 32.4 Å². The lowest BCUT2D eigenvalue weighted by molar-refractivity contribution is -0.129. The van der Waals surface area contributed by atoms with Crippen LogP contribution in [0.4, 0.5) is 0 Å². The van der Waals surface area contributed by atoms with E-state index in [9.17, 15) is 14.4 Å². The number of hydrogen-bond donors (Lipinski definition) is 3. The van der Waals surface area contributed by atoms with Gasteiger partial charge in [-0.05, 0) is 36.2 Å². The molecule has 0 saturated heterocycles. The van der Waals surface area contributed by atoms with Gasteiger partial charge in [0.25, 0.3) is 0 Å². The first-order valence-electron chi connectivity index (χ1n) is 9.96. The van der Waals surface area contributed by atoms with E-state index in [2.05, 4.69) is 27.8 Å². The fourth-order valence-electron chi connectivity index (χ4n) is 2.72. The average Bonchev–Trinajstić information content (AvgIpc) is 2.79. The molecule has 0 aromatic heterocycles. The Bertz CT molecular complexity index is 931. The van der Waals surface area contributed by atoms with Crippen LogP contribution in [0.25, 0.3) is 0 Å². The fraction of sp³-hybridized carbons (Fsp3) is 0.292. The zero-order valence-electron chi connectivity index (χ0n) is 17.7. The highest BCUT2D eigenvalue weighted by molar-refractivity contribution is 5.90. The Morgan fingerprint density at radius 1 is 1.00 bits per heavy atom. The summed E-state index contributed by atoms with van der Waals surface area (Å²) in [6.07, 6.45) is 0.741. The van der Waals surface area contributed by atoms with Gasteiger partial charge in [-0.3, -0.25) is 14.4 Å². The van der Waals surface area contributed by atoms with Gasteiger partial charge in [0.15, 0.2) is 0 Å². The number of nitrogens with one attached hydrogen (secondary N) is 3. The summed E-state index contributed by atoms with van der Waals surface area (Å²) in [7, 11) is 1.60. The summed E-state index contributed by atoms with van der Waals surface area (Å²) >= 11 is 0. The monoisotopic (exact) mass is 421 g/mol. The minimum atomic E-state index is -0.760. The van der Waals surface area contributed by atoms with Gasteiger partial charge in [0.2, 0.25) is 17.7 Å². The second kappa shape index (κ2) is 12.7. The summed E-state index contributed by atoms with van der Waals surface area (Å²) < 4.78 is 5.11. The standard InChI is InChI=1S/C24H27N3O4/c1-18(28)27-22(11-7-6-8-19-12-14-21(31-2)15-13-19)24(30)26-17-23(29)25-16-20-9-4-3-5-10-20/h3-5,9-10,12-15,22H,7,11,16-17H2,1-2H3,(H,25,29)(H,26,30)(H,27,28)/t22-/m0/s1. The lowest BCUT2D eigenvalue weighted by Crippen LogP contribution is -2.48. The van der Waals surface area contributed by atoms with Crippen LogP contribution in [0.3, 0.4) is 0 Å². The van der Waals surface area contributed by atoms with Crippen LogP contribution >= 0.6 is 0 Å². The Morgan fingerprint density at radius 2 is 1.71 bits per heavy atom. The summed E-state index contributed by atoms with van der Waals surface area (Å²) in [6, 6.07) is 16.0. The summed E-state index contributed by atoms with van der Waals surface area (Å²) in [5.74, 6) is 5.71. The van der Waals surface area contributed by atoms with E-state index in [-0.39, 0.29) is 18.4 Å². The van der Waals surface area contributed by atoms with E-state index in [0.29, 0.717) is 19.4 Å². The molecule has 0 radical (unpaired) electrons. The first-order chi connectivity index (χ1) is 15.0. The summed E-state index contributed by atoms with van der Waals surface area (Å²) in [5.41, 5.74) is 1.80. The van der Waals surface area contributed by atoms with Crippen molar-refractivity contribution in [1.29, 1.82) is 0 Å². The number of methoxy groups -OCH3 is 1. The van der Waals surface area contributed by atoms with Gasteiger partial charge in [-0.25, -0.2) is 0 Å². The summed E-state index contributed by atoms with van der Waals surface area (Å²) in [6.45, 7) is 1.56. The molecule has 3 N–H and O–H groups in total. The molecular weight excluding hydrogens is 394 g/mol. The van der Waals surface area contributed by atoms with E-state index in [4.69, 9.17) is 4.74 Å². The van der Waals surface area contributed by atoms with Gasteiger partial charge >= 0.3 is 0 Å². The molecule has 0 heterocycles. The van der Waals surface area contributed by atoms with Crippen LogP contribution in [-0.4, -0.2) is 37.4 Å². The van der Waals surface area contributed by atoms with E-state index in [0.717, 1.165) is 16.9 Å². The van der Waals surface area contributed by atoms with Crippen molar-refractivity contribution in [3.63, 3.8) is 0 Å². The van der Waals surface area contributed by atoms with Crippen LogP contribution in [0.2, 0.25) is 0 Å². The Balaban J connectivity index is 1.80. The third-order valence-electron chi connectivity index (χ3n) is 4.33. The maximum absolute atomic E-state index is 12.4. The van der Waals surface area contributed by atoms with Crippen molar-refractivity contribution in [2.75, 3.05) is 13.7 Å². The van der Waals surface area contributed by atoms with Crippen molar-refractivity contribution in [3.8, 4) is 17.6 Å². The zero-order chi connectivity index (χ0) is 22.5. The molecule has 0 spiro atoms. The Kier molecular flexibility index (Phi) is 9.63. The lowest BCUT2D eigenvalue weighted by Gasteiger charge is -2.16. The highest BCUT2D eigenvalue weighted by atomic mass is 16.5. The molecular formula is C24H27N3O4. The van der Waals surface area contributed by atoms with Crippen LogP contribution in [0.1, 0.15) is 30.9 Å². The topological polar surface area (TPSA) is 96.5 Å². The number of hydrogen-bond acceptors (Lipinski definition) is 4. The summed E-state index contributed by atoms with van der Waals surface area (Å²) in [5, 5.41) is 7.92. The number of amides is 3. The van der Waals surface area contributed by atoms with E-state index in [1.165, 1.54) is 6.92 Å². The van der Waals surface area contributed by atoms with Gasteiger partial charge in [-0.2, -0.15) is 0 Å². The van der Waals surface area contributed by atoms with Crippen LogP contribution in [0, 0.1) is 11.8 Å². The van der Waals surface area contributed by atoms with Gasteiger partial charge in [0.1, 0.15) is 11.8 Å². The molecule has 0 saturated carbocycles. The SMILES string of the molecule is COc1ccc(C#CCC[C@H](NC(C)=O)C(=O)NCC(=O)NCc2ccccc2)cc1. The molecule has 0 bridgehead atoms. The second-order valence-corrected chi connectivity index (χ2v) is 6.80. The molecule has 0 aliphatic heterocycles. The molecule has 3 amide bonds.